The lowest BCUT2D eigenvalue weighted by Gasteiger charge is -2.18. The van der Waals surface area contributed by atoms with E-state index in [9.17, 15) is 14.4 Å². The molecule has 0 radical (unpaired) electrons. The van der Waals surface area contributed by atoms with E-state index in [0.717, 1.165) is 161 Å². The summed E-state index contributed by atoms with van der Waals surface area (Å²) in [5, 5.41) is 0. The van der Waals surface area contributed by atoms with Crippen molar-refractivity contribution in [3.63, 3.8) is 0 Å². The molecule has 0 amide bonds. The summed E-state index contributed by atoms with van der Waals surface area (Å²) in [7, 11) is 0. The van der Waals surface area contributed by atoms with Gasteiger partial charge in [-0.25, -0.2) is 0 Å². The number of hydrogen-bond acceptors (Lipinski definition) is 6. The molecule has 6 heteroatoms. The van der Waals surface area contributed by atoms with Crippen LogP contribution in [0.5, 0.6) is 0 Å². The SMILES string of the molecule is CC/C=C\C/C=C\C/C=C\C/C=C\C/C=C\C/C=C\C/C=C\C/C=C\C/C=C\C/C=C\CCCCC(=O)OCC(COC(=O)CCCCCCC/C=C\C/C=C\C/C=C\CC)OC(=O)C/C=C\C/C=C\C/C=C\C/C=C\C/C=C\CC. The van der Waals surface area contributed by atoms with Gasteiger partial charge in [0.25, 0.3) is 0 Å². The first-order valence-electron chi connectivity index (χ1n) is 31.2. The molecule has 446 valence electrons. The Morgan fingerprint density at radius 3 is 0.778 bits per heavy atom. The maximum absolute atomic E-state index is 12.8. The van der Waals surface area contributed by atoms with Gasteiger partial charge in [-0.05, 0) is 154 Å². The second-order valence-corrected chi connectivity index (χ2v) is 19.5. The van der Waals surface area contributed by atoms with Crippen LogP contribution < -0.4 is 0 Å². The van der Waals surface area contributed by atoms with Crippen LogP contribution in [0.15, 0.2) is 219 Å². The van der Waals surface area contributed by atoms with Gasteiger partial charge in [-0.2, -0.15) is 0 Å². The Bertz CT molecular complexity index is 2050. The molecule has 0 aromatic rings. The van der Waals surface area contributed by atoms with Crippen molar-refractivity contribution in [1.29, 1.82) is 0 Å². The summed E-state index contributed by atoms with van der Waals surface area (Å²) in [6, 6.07) is 0. The molecule has 0 saturated carbocycles. The van der Waals surface area contributed by atoms with E-state index in [2.05, 4.69) is 227 Å². The average molecular weight is 1110 g/mol. The summed E-state index contributed by atoms with van der Waals surface area (Å²) in [5.41, 5.74) is 0. The summed E-state index contributed by atoms with van der Waals surface area (Å²) < 4.78 is 16.7. The van der Waals surface area contributed by atoms with Gasteiger partial charge in [0.05, 0.1) is 6.42 Å². The van der Waals surface area contributed by atoms with Crippen LogP contribution in [0.4, 0.5) is 0 Å². The smallest absolute Gasteiger partial charge is 0.310 e. The van der Waals surface area contributed by atoms with Gasteiger partial charge >= 0.3 is 17.9 Å². The number of ether oxygens (including phenoxy) is 3. The zero-order valence-corrected chi connectivity index (χ0v) is 50.9. The third kappa shape index (κ3) is 64.4. The molecule has 0 heterocycles. The molecule has 81 heavy (non-hydrogen) atoms. The van der Waals surface area contributed by atoms with E-state index in [1.807, 2.05) is 6.08 Å². The van der Waals surface area contributed by atoms with Crippen molar-refractivity contribution in [2.24, 2.45) is 0 Å². The fourth-order valence-electron chi connectivity index (χ4n) is 7.44. The minimum Gasteiger partial charge on any atom is -0.462 e. The summed E-state index contributed by atoms with van der Waals surface area (Å²) in [5.74, 6) is -1.16. The maximum atomic E-state index is 12.8. The highest BCUT2D eigenvalue weighted by atomic mass is 16.6. The Hall–Kier alpha value is -6.27. The molecule has 0 aromatic heterocycles. The third-order valence-corrected chi connectivity index (χ3v) is 12.0. The van der Waals surface area contributed by atoms with Crippen molar-refractivity contribution in [2.45, 2.75) is 219 Å². The van der Waals surface area contributed by atoms with Gasteiger partial charge in [-0.1, -0.05) is 259 Å². The van der Waals surface area contributed by atoms with Crippen LogP contribution in [0, 0.1) is 0 Å². The number of carbonyl (C=O) groups is 3. The molecule has 0 aromatic carbocycles. The van der Waals surface area contributed by atoms with Gasteiger partial charge in [0.1, 0.15) is 13.2 Å². The van der Waals surface area contributed by atoms with Crippen LogP contribution in [0.1, 0.15) is 213 Å². The third-order valence-electron chi connectivity index (χ3n) is 12.0. The standard InChI is InChI=1S/C75H110O6/c1-4-7-10-13-16-19-22-25-28-29-30-31-32-33-34-35-36-37-38-39-40-41-42-43-44-45-48-50-53-56-59-62-65-68-74(77)80-71-72(81-75(78)69-66-63-60-57-54-51-47-27-24-21-18-15-12-9-6-3)70-79-73(76)67-64-61-58-55-52-49-46-26-23-20-17-14-11-8-5-2/h7-12,16-21,25-28,30-31,33-34,36-37,39-40,42-43,45-48,53-54,56-57,63,66,72H,4-6,13-15,22-24,29,32,35,38,41,44,49-52,55,58-62,64-65,67-71H2,1-3H3/b10-7-,11-8-,12-9-,19-16-,20-17-,21-18-,28-25-,31-30-,34-33-,37-36-,40-39-,43-42-,46-26-,47-27-,48-45-,56-53-,57-54-,66-63-. The molecule has 1 unspecified atom stereocenters. The average Bonchev–Trinajstić information content (AvgIpc) is 3.47. The summed E-state index contributed by atoms with van der Waals surface area (Å²) in [6.07, 6.45) is 104. The second-order valence-electron chi connectivity index (χ2n) is 19.5. The van der Waals surface area contributed by atoms with E-state index in [0.29, 0.717) is 19.3 Å². The zero-order chi connectivity index (χ0) is 58.5. The highest BCUT2D eigenvalue weighted by Crippen LogP contribution is 2.11. The quantitative estimate of drug-likeness (QED) is 0.0261. The predicted octanol–water partition coefficient (Wildman–Crippen LogP) is 21.8. The topological polar surface area (TPSA) is 78.9 Å². The highest BCUT2D eigenvalue weighted by molar-refractivity contribution is 5.72. The van der Waals surface area contributed by atoms with Gasteiger partial charge < -0.3 is 14.2 Å². The molecule has 0 bridgehead atoms. The lowest BCUT2D eigenvalue weighted by Crippen LogP contribution is -2.30. The normalized spacial score (nSPS) is 13.7. The van der Waals surface area contributed by atoms with Gasteiger partial charge in [0, 0.05) is 12.8 Å². The van der Waals surface area contributed by atoms with Crippen molar-refractivity contribution in [3.8, 4) is 0 Å². The Balaban J connectivity index is 4.51. The molecule has 0 spiro atoms. The first-order valence-corrected chi connectivity index (χ1v) is 31.2. The Kier molecular flexibility index (Phi) is 61.1. The number of allylic oxidation sites excluding steroid dienone is 35. The van der Waals surface area contributed by atoms with Crippen LogP contribution in [0.25, 0.3) is 0 Å². The predicted molar refractivity (Wildman–Crippen MR) is 352 cm³/mol. The van der Waals surface area contributed by atoms with E-state index < -0.39 is 12.1 Å². The fourth-order valence-corrected chi connectivity index (χ4v) is 7.44. The molecule has 0 aliphatic heterocycles. The van der Waals surface area contributed by atoms with E-state index in [1.165, 1.54) is 0 Å². The van der Waals surface area contributed by atoms with E-state index in [-0.39, 0.29) is 38.0 Å². The van der Waals surface area contributed by atoms with Crippen LogP contribution in [0.2, 0.25) is 0 Å². The first kappa shape index (κ1) is 74.7. The Morgan fingerprint density at radius 2 is 0.481 bits per heavy atom. The van der Waals surface area contributed by atoms with Crippen LogP contribution >= 0.6 is 0 Å². The Morgan fingerprint density at radius 1 is 0.259 bits per heavy atom. The molecule has 1 atom stereocenters. The molecule has 0 rings (SSSR count). The fraction of sp³-hybridized carbons (Fsp3) is 0.480. The van der Waals surface area contributed by atoms with Crippen LogP contribution in [-0.4, -0.2) is 37.2 Å². The number of rotatable bonds is 53. The summed E-state index contributed by atoms with van der Waals surface area (Å²) >= 11 is 0. The largest absolute Gasteiger partial charge is 0.462 e. The summed E-state index contributed by atoms with van der Waals surface area (Å²) in [6.45, 7) is 6.13. The number of hydrogen-bond donors (Lipinski definition) is 0. The minimum atomic E-state index is -0.873. The number of unbranched alkanes of at least 4 members (excludes halogenated alkanes) is 7. The molecule has 0 N–H and O–H groups in total. The highest BCUT2D eigenvalue weighted by Gasteiger charge is 2.19. The van der Waals surface area contributed by atoms with E-state index in [1.54, 1.807) is 6.08 Å². The van der Waals surface area contributed by atoms with Gasteiger partial charge in [0.15, 0.2) is 6.10 Å². The first-order chi connectivity index (χ1) is 40.0. The Labute approximate surface area is 495 Å². The van der Waals surface area contributed by atoms with Crippen molar-refractivity contribution in [2.75, 3.05) is 13.2 Å². The van der Waals surface area contributed by atoms with Crippen molar-refractivity contribution < 1.29 is 28.6 Å². The van der Waals surface area contributed by atoms with Crippen molar-refractivity contribution >= 4 is 17.9 Å². The number of esters is 3. The lowest BCUT2D eigenvalue weighted by molar-refractivity contribution is -0.166. The zero-order valence-electron chi connectivity index (χ0n) is 50.9. The molecule has 0 aliphatic rings. The molecular formula is C75H110O6. The molecular weight excluding hydrogens is 997 g/mol. The van der Waals surface area contributed by atoms with Crippen LogP contribution in [0.3, 0.4) is 0 Å². The van der Waals surface area contributed by atoms with Gasteiger partial charge in [0.2, 0.25) is 0 Å². The molecule has 6 nitrogen and oxygen atoms in total. The summed E-state index contributed by atoms with van der Waals surface area (Å²) in [4.78, 5) is 38.2. The monoisotopic (exact) mass is 1110 g/mol. The van der Waals surface area contributed by atoms with E-state index >= 15 is 0 Å². The van der Waals surface area contributed by atoms with E-state index in [4.69, 9.17) is 14.2 Å². The van der Waals surface area contributed by atoms with Crippen molar-refractivity contribution in [3.05, 3.63) is 219 Å². The molecule has 0 saturated heterocycles. The molecule has 0 aliphatic carbocycles. The lowest BCUT2D eigenvalue weighted by atomic mass is 10.1. The van der Waals surface area contributed by atoms with Crippen LogP contribution in [-0.2, 0) is 28.6 Å². The van der Waals surface area contributed by atoms with Gasteiger partial charge in [-0.15, -0.1) is 0 Å². The second kappa shape index (κ2) is 66.2. The minimum absolute atomic E-state index is 0.0706. The van der Waals surface area contributed by atoms with Crippen molar-refractivity contribution in [1.82, 2.24) is 0 Å². The van der Waals surface area contributed by atoms with Gasteiger partial charge in [-0.3, -0.25) is 14.4 Å². The number of carbonyl (C=O) groups excluding carboxylic acids is 3. The molecule has 0 fully saturated rings. The maximum Gasteiger partial charge on any atom is 0.310 e.